The molecule has 8 nitrogen and oxygen atoms in total. The standard InChI is InChI=1S/C18H27N5O3/c1-11-8-6-7-9-22(11)10-14-19-16-15(23(14)12(2)13(3)24)17(25)21(5)18(26)20(16)4/h11-12H,6-10H2,1-5H3/p+1/t11-,12+/m1/s1. The van der Waals surface area contributed by atoms with E-state index in [1.54, 1.807) is 18.5 Å². The average molecular weight is 362 g/mol. The van der Waals surface area contributed by atoms with Gasteiger partial charge in [-0.1, -0.05) is 0 Å². The maximum atomic E-state index is 12.8. The molecule has 1 unspecified atom stereocenters. The van der Waals surface area contributed by atoms with Crippen LogP contribution in [-0.4, -0.2) is 37.1 Å². The van der Waals surface area contributed by atoms with Gasteiger partial charge in [0.25, 0.3) is 5.56 Å². The van der Waals surface area contributed by atoms with Gasteiger partial charge in [0, 0.05) is 14.1 Å². The van der Waals surface area contributed by atoms with Crippen molar-refractivity contribution in [3.8, 4) is 0 Å². The quantitative estimate of drug-likeness (QED) is 0.798. The average Bonchev–Trinajstić information content (AvgIpc) is 2.98. The minimum atomic E-state index is -0.500. The van der Waals surface area contributed by atoms with Crippen LogP contribution >= 0.6 is 0 Å². The summed E-state index contributed by atoms with van der Waals surface area (Å²) in [5, 5.41) is 0. The van der Waals surface area contributed by atoms with Gasteiger partial charge in [0.05, 0.1) is 18.6 Å². The van der Waals surface area contributed by atoms with Crippen LogP contribution < -0.4 is 16.1 Å². The number of piperidine rings is 1. The van der Waals surface area contributed by atoms with E-state index in [2.05, 4.69) is 11.9 Å². The number of quaternary nitrogens is 1. The van der Waals surface area contributed by atoms with E-state index in [0.29, 0.717) is 29.6 Å². The number of Topliss-reactive ketones (excluding diaryl/α,β-unsaturated/α-hetero) is 1. The number of ketones is 1. The maximum Gasteiger partial charge on any atom is 0.332 e. The Hall–Kier alpha value is -2.22. The summed E-state index contributed by atoms with van der Waals surface area (Å²) in [6.45, 7) is 7.22. The van der Waals surface area contributed by atoms with Crippen LogP contribution in [0.4, 0.5) is 0 Å². The fourth-order valence-corrected chi connectivity index (χ4v) is 3.90. The van der Waals surface area contributed by atoms with Crippen LogP contribution in [0.3, 0.4) is 0 Å². The third kappa shape index (κ3) is 2.92. The number of aryl methyl sites for hydroxylation is 1. The number of nitrogens with zero attached hydrogens (tertiary/aromatic N) is 4. The van der Waals surface area contributed by atoms with Gasteiger partial charge >= 0.3 is 5.69 Å². The Balaban J connectivity index is 2.25. The van der Waals surface area contributed by atoms with E-state index in [0.717, 1.165) is 17.5 Å². The molecule has 3 heterocycles. The zero-order valence-corrected chi connectivity index (χ0v) is 16.2. The van der Waals surface area contributed by atoms with Crippen LogP contribution in [0.25, 0.3) is 11.2 Å². The zero-order valence-electron chi connectivity index (χ0n) is 16.2. The van der Waals surface area contributed by atoms with E-state index in [-0.39, 0.29) is 5.78 Å². The molecular formula is C18H28N5O3+. The Morgan fingerprint density at radius 2 is 1.96 bits per heavy atom. The molecule has 1 fully saturated rings. The first-order chi connectivity index (χ1) is 12.2. The Bertz CT molecular complexity index is 968. The maximum absolute atomic E-state index is 12.8. The molecular weight excluding hydrogens is 334 g/mol. The molecule has 0 amide bonds. The van der Waals surface area contributed by atoms with Gasteiger partial charge in [-0.2, -0.15) is 0 Å². The van der Waals surface area contributed by atoms with E-state index < -0.39 is 17.3 Å². The molecule has 0 aromatic carbocycles. The number of hydrogen-bond donors (Lipinski definition) is 1. The van der Waals surface area contributed by atoms with E-state index >= 15 is 0 Å². The van der Waals surface area contributed by atoms with E-state index in [1.807, 2.05) is 0 Å². The summed E-state index contributed by atoms with van der Waals surface area (Å²) in [4.78, 5) is 43.2. The normalized spacial score (nSPS) is 21.9. The van der Waals surface area contributed by atoms with Gasteiger partial charge in [-0.15, -0.1) is 0 Å². The summed E-state index contributed by atoms with van der Waals surface area (Å²) in [7, 11) is 3.07. The lowest BCUT2D eigenvalue weighted by molar-refractivity contribution is -0.942. The summed E-state index contributed by atoms with van der Waals surface area (Å²) in [6.07, 6.45) is 3.57. The predicted molar refractivity (Wildman–Crippen MR) is 98.5 cm³/mol. The first-order valence-electron chi connectivity index (χ1n) is 9.25. The number of fused-ring (bicyclic) bond motifs is 1. The van der Waals surface area contributed by atoms with Gasteiger partial charge in [-0.3, -0.25) is 18.7 Å². The summed E-state index contributed by atoms with van der Waals surface area (Å²) in [6, 6.07) is 0.0102. The van der Waals surface area contributed by atoms with Crippen LogP contribution in [0.5, 0.6) is 0 Å². The molecule has 1 saturated heterocycles. The highest BCUT2D eigenvalue weighted by molar-refractivity contribution is 5.82. The van der Waals surface area contributed by atoms with Crippen LogP contribution in [-0.2, 0) is 25.4 Å². The molecule has 1 N–H and O–H groups in total. The van der Waals surface area contributed by atoms with Crippen molar-refractivity contribution in [2.75, 3.05) is 6.54 Å². The number of imidazole rings is 1. The molecule has 3 atom stereocenters. The highest BCUT2D eigenvalue weighted by Gasteiger charge is 2.29. The molecule has 1 aliphatic heterocycles. The van der Waals surface area contributed by atoms with Crippen molar-refractivity contribution >= 4 is 16.9 Å². The van der Waals surface area contributed by atoms with Gasteiger partial charge < -0.3 is 9.47 Å². The molecule has 2 aromatic rings. The van der Waals surface area contributed by atoms with Crippen molar-refractivity contribution in [2.45, 2.75) is 58.7 Å². The monoisotopic (exact) mass is 362 g/mol. The minimum absolute atomic E-state index is 0.0388. The Morgan fingerprint density at radius 3 is 2.58 bits per heavy atom. The minimum Gasteiger partial charge on any atom is -0.326 e. The van der Waals surface area contributed by atoms with Gasteiger partial charge in [-0.05, 0) is 40.0 Å². The lowest BCUT2D eigenvalue weighted by Crippen LogP contribution is -3.15. The molecule has 0 saturated carbocycles. The Labute approximate surface area is 152 Å². The molecule has 8 heteroatoms. The number of carbonyl (C=O) groups is 1. The second-order valence-electron chi connectivity index (χ2n) is 7.54. The first kappa shape index (κ1) is 18.6. The largest absolute Gasteiger partial charge is 0.332 e. The topological polar surface area (TPSA) is 83.3 Å². The van der Waals surface area contributed by atoms with Gasteiger partial charge in [0.2, 0.25) is 0 Å². The molecule has 3 rings (SSSR count). The fraction of sp³-hybridized carbons (Fsp3) is 0.667. The van der Waals surface area contributed by atoms with Crippen LogP contribution in [0, 0.1) is 0 Å². The summed E-state index contributed by atoms with van der Waals surface area (Å²) in [5.41, 5.74) is -0.133. The van der Waals surface area contributed by atoms with Crippen LogP contribution in [0.1, 0.15) is 51.9 Å². The highest BCUT2D eigenvalue weighted by Crippen LogP contribution is 2.18. The summed E-state index contributed by atoms with van der Waals surface area (Å²) >= 11 is 0. The number of likely N-dealkylation sites (tertiary alicyclic amines) is 1. The number of aromatic nitrogens is 4. The third-order valence-electron chi connectivity index (χ3n) is 5.81. The van der Waals surface area contributed by atoms with Crippen molar-refractivity contribution in [2.24, 2.45) is 14.1 Å². The van der Waals surface area contributed by atoms with Crippen molar-refractivity contribution in [3.63, 3.8) is 0 Å². The number of rotatable bonds is 4. The van der Waals surface area contributed by atoms with E-state index in [1.165, 1.54) is 36.3 Å². The number of nitrogens with one attached hydrogen (secondary N) is 1. The predicted octanol–water partition coefficient (Wildman–Crippen LogP) is -0.459. The molecule has 0 aliphatic carbocycles. The van der Waals surface area contributed by atoms with Crippen molar-refractivity contribution in [1.82, 2.24) is 18.7 Å². The highest BCUT2D eigenvalue weighted by atomic mass is 16.2. The summed E-state index contributed by atoms with van der Waals surface area (Å²) in [5.74, 6) is 0.660. The number of hydrogen-bond acceptors (Lipinski definition) is 4. The zero-order chi connectivity index (χ0) is 19.2. The van der Waals surface area contributed by atoms with Crippen molar-refractivity contribution < 1.29 is 9.69 Å². The summed E-state index contributed by atoms with van der Waals surface area (Å²) < 4.78 is 4.21. The molecule has 0 radical (unpaired) electrons. The first-order valence-corrected chi connectivity index (χ1v) is 9.25. The van der Waals surface area contributed by atoms with E-state index in [4.69, 9.17) is 0 Å². The molecule has 2 aromatic heterocycles. The lowest BCUT2D eigenvalue weighted by atomic mass is 10.0. The van der Waals surface area contributed by atoms with Crippen LogP contribution in [0.15, 0.2) is 9.59 Å². The van der Waals surface area contributed by atoms with Crippen molar-refractivity contribution in [3.05, 3.63) is 26.7 Å². The van der Waals surface area contributed by atoms with Gasteiger partial charge in [0.1, 0.15) is 6.54 Å². The smallest absolute Gasteiger partial charge is 0.326 e. The molecule has 1 aliphatic rings. The molecule has 0 spiro atoms. The molecule has 26 heavy (non-hydrogen) atoms. The lowest BCUT2D eigenvalue weighted by Gasteiger charge is -2.30. The van der Waals surface area contributed by atoms with Crippen molar-refractivity contribution in [1.29, 1.82) is 0 Å². The van der Waals surface area contributed by atoms with Gasteiger partial charge in [0.15, 0.2) is 22.8 Å². The van der Waals surface area contributed by atoms with Gasteiger partial charge in [-0.25, -0.2) is 9.78 Å². The number of carbonyl (C=O) groups excluding carboxylic acids is 1. The Morgan fingerprint density at radius 1 is 1.27 bits per heavy atom. The van der Waals surface area contributed by atoms with E-state index in [9.17, 15) is 14.4 Å². The Kier molecular flexibility index (Phi) is 4.88. The second kappa shape index (κ2) is 6.83. The SMILES string of the molecule is CC(=O)[C@H](C)n1c(C[NH+]2CCCC[C@H]2C)nc2c1c(=O)n(C)c(=O)n2C. The molecule has 0 bridgehead atoms. The fourth-order valence-electron chi connectivity index (χ4n) is 3.90. The second-order valence-corrected chi connectivity index (χ2v) is 7.54. The van der Waals surface area contributed by atoms with Crippen LogP contribution in [0.2, 0.25) is 0 Å². The molecule has 142 valence electrons. The third-order valence-corrected chi connectivity index (χ3v) is 5.81.